The lowest BCUT2D eigenvalue weighted by Crippen LogP contribution is -2.42. The van der Waals surface area contributed by atoms with Gasteiger partial charge in [-0.15, -0.1) is 0 Å². The van der Waals surface area contributed by atoms with E-state index >= 15 is 0 Å². The fraction of sp³-hybridized carbons (Fsp3) is 0.278. The van der Waals surface area contributed by atoms with E-state index < -0.39 is 0 Å². The van der Waals surface area contributed by atoms with Crippen LogP contribution in [0.25, 0.3) is 0 Å². The predicted molar refractivity (Wildman–Crippen MR) is 96.8 cm³/mol. The van der Waals surface area contributed by atoms with Crippen LogP contribution in [0.4, 0.5) is 5.69 Å². The molecule has 4 heteroatoms. The van der Waals surface area contributed by atoms with Crippen LogP contribution in [0.5, 0.6) is 11.5 Å². The molecule has 0 radical (unpaired) electrons. The number of benzene rings is 2. The van der Waals surface area contributed by atoms with Crippen LogP contribution in [-0.4, -0.2) is 10.7 Å². The van der Waals surface area contributed by atoms with Gasteiger partial charge in [0.1, 0.15) is 11.5 Å². The van der Waals surface area contributed by atoms with E-state index in [1.807, 2.05) is 55.5 Å². The van der Waals surface area contributed by atoms with Crippen molar-refractivity contribution < 1.29 is 4.74 Å². The van der Waals surface area contributed by atoms with Crippen LogP contribution in [-0.2, 0) is 0 Å². The highest BCUT2D eigenvalue weighted by molar-refractivity contribution is 7.80. The van der Waals surface area contributed by atoms with Gasteiger partial charge in [-0.3, -0.25) is 0 Å². The number of rotatable bonds is 3. The van der Waals surface area contributed by atoms with Crippen molar-refractivity contribution in [2.45, 2.75) is 33.2 Å². The van der Waals surface area contributed by atoms with E-state index in [-0.39, 0.29) is 5.54 Å². The Morgan fingerprint density at radius 2 is 1.64 bits per heavy atom. The molecule has 0 amide bonds. The standard InChI is InChI=1S/C18H22N2OS/c1-13-7-5-6-8-16(13)21-15-11-9-14(10-12-15)19-17(22)20-18(2,3)4/h5-12H,1-4H3,(H2,19,20,22). The zero-order valence-corrected chi connectivity index (χ0v) is 14.3. The second-order valence-electron chi connectivity index (χ2n) is 6.22. The summed E-state index contributed by atoms with van der Waals surface area (Å²) in [7, 11) is 0. The normalized spacial score (nSPS) is 10.9. The Bertz CT molecular complexity index is 645. The highest BCUT2D eigenvalue weighted by Gasteiger charge is 2.11. The molecule has 2 aromatic carbocycles. The van der Waals surface area contributed by atoms with Crippen molar-refractivity contribution in [3.05, 3.63) is 54.1 Å². The molecule has 2 aromatic rings. The topological polar surface area (TPSA) is 33.3 Å². The minimum absolute atomic E-state index is 0.0576. The second-order valence-corrected chi connectivity index (χ2v) is 6.63. The van der Waals surface area contributed by atoms with Gasteiger partial charge in [-0.1, -0.05) is 18.2 Å². The number of hydrogen-bond acceptors (Lipinski definition) is 2. The van der Waals surface area contributed by atoms with Crippen LogP contribution >= 0.6 is 12.2 Å². The van der Waals surface area contributed by atoms with Gasteiger partial charge >= 0.3 is 0 Å². The minimum atomic E-state index is -0.0576. The molecule has 0 spiro atoms. The van der Waals surface area contributed by atoms with Crippen LogP contribution in [0.3, 0.4) is 0 Å². The largest absolute Gasteiger partial charge is 0.457 e. The van der Waals surface area contributed by atoms with Crippen molar-refractivity contribution in [1.82, 2.24) is 5.32 Å². The van der Waals surface area contributed by atoms with Crippen molar-refractivity contribution >= 4 is 23.0 Å². The Kier molecular flexibility index (Phi) is 5.03. The van der Waals surface area contributed by atoms with Crippen molar-refractivity contribution in [3.8, 4) is 11.5 Å². The van der Waals surface area contributed by atoms with E-state index in [1.165, 1.54) is 0 Å². The number of nitrogens with one attached hydrogen (secondary N) is 2. The van der Waals surface area contributed by atoms with Gasteiger partial charge in [0.15, 0.2) is 5.11 Å². The fourth-order valence-electron chi connectivity index (χ4n) is 1.91. The third-order valence-corrected chi connectivity index (χ3v) is 3.13. The Morgan fingerprint density at radius 1 is 1.00 bits per heavy atom. The molecule has 0 heterocycles. The maximum absolute atomic E-state index is 5.87. The van der Waals surface area contributed by atoms with E-state index in [9.17, 15) is 0 Å². The molecule has 0 aliphatic carbocycles. The Labute approximate surface area is 137 Å². The summed E-state index contributed by atoms with van der Waals surface area (Å²) in [6, 6.07) is 15.7. The number of hydrogen-bond donors (Lipinski definition) is 2. The first-order valence-electron chi connectivity index (χ1n) is 7.26. The van der Waals surface area contributed by atoms with Crippen LogP contribution in [0.1, 0.15) is 26.3 Å². The Hall–Kier alpha value is -2.07. The number of anilines is 1. The van der Waals surface area contributed by atoms with E-state index in [0.717, 1.165) is 22.7 Å². The van der Waals surface area contributed by atoms with Gasteiger partial charge in [0.05, 0.1) is 0 Å². The molecular formula is C18H22N2OS. The molecule has 0 aromatic heterocycles. The van der Waals surface area contributed by atoms with Gasteiger partial charge in [0.2, 0.25) is 0 Å². The molecule has 0 aliphatic rings. The summed E-state index contributed by atoms with van der Waals surface area (Å²) < 4.78 is 5.87. The highest BCUT2D eigenvalue weighted by Crippen LogP contribution is 2.25. The quantitative estimate of drug-likeness (QED) is 0.792. The molecule has 116 valence electrons. The summed E-state index contributed by atoms with van der Waals surface area (Å²) in [5.41, 5.74) is 1.98. The minimum Gasteiger partial charge on any atom is -0.457 e. The molecule has 0 fully saturated rings. The van der Waals surface area contributed by atoms with Gasteiger partial charge in [0.25, 0.3) is 0 Å². The first-order chi connectivity index (χ1) is 10.3. The molecule has 0 atom stereocenters. The number of aryl methyl sites for hydroxylation is 1. The third kappa shape index (κ3) is 5.04. The number of thiocarbonyl (C=S) groups is 1. The Balaban J connectivity index is 1.99. The molecule has 3 nitrogen and oxygen atoms in total. The fourth-order valence-corrected chi connectivity index (χ4v) is 2.33. The summed E-state index contributed by atoms with van der Waals surface area (Å²) in [5.74, 6) is 1.67. The summed E-state index contributed by atoms with van der Waals surface area (Å²) in [5, 5.41) is 7.00. The first kappa shape index (κ1) is 16.3. The molecule has 2 rings (SSSR count). The molecule has 0 saturated carbocycles. The summed E-state index contributed by atoms with van der Waals surface area (Å²) in [6.07, 6.45) is 0. The van der Waals surface area contributed by atoms with Crippen LogP contribution in [0.15, 0.2) is 48.5 Å². The lowest BCUT2D eigenvalue weighted by atomic mass is 10.1. The number of ether oxygens (including phenoxy) is 1. The smallest absolute Gasteiger partial charge is 0.171 e. The molecule has 0 unspecified atom stereocenters. The zero-order chi connectivity index (χ0) is 16.2. The highest BCUT2D eigenvalue weighted by atomic mass is 32.1. The van der Waals surface area contributed by atoms with Crippen molar-refractivity contribution in [2.75, 3.05) is 5.32 Å². The summed E-state index contributed by atoms with van der Waals surface area (Å²) >= 11 is 5.29. The van der Waals surface area contributed by atoms with Gasteiger partial charge in [-0.2, -0.15) is 0 Å². The molecular weight excluding hydrogens is 292 g/mol. The molecule has 22 heavy (non-hydrogen) atoms. The average molecular weight is 314 g/mol. The van der Waals surface area contributed by atoms with E-state index in [2.05, 4.69) is 31.4 Å². The van der Waals surface area contributed by atoms with Crippen molar-refractivity contribution in [2.24, 2.45) is 0 Å². The van der Waals surface area contributed by atoms with Crippen molar-refractivity contribution in [1.29, 1.82) is 0 Å². The zero-order valence-electron chi connectivity index (χ0n) is 13.4. The van der Waals surface area contributed by atoms with Gasteiger partial charge in [0, 0.05) is 11.2 Å². The molecule has 2 N–H and O–H groups in total. The molecule has 0 aliphatic heterocycles. The number of para-hydroxylation sites is 1. The maximum atomic E-state index is 5.87. The third-order valence-electron chi connectivity index (χ3n) is 2.92. The van der Waals surface area contributed by atoms with Crippen LogP contribution in [0, 0.1) is 6.92 Å². The van der Waals surface area contributed by atoms with E-state index in [1.54, 1.807) is 0 Å². The Morgan fingerprint density at radius 3 is 2.23 bits per heavy atom. The lowest BCUT2D eigenvalue weighted by molar-refractivity contribution is 0.479. The predicted octanol–water partition coefficient (Wildman–Crippen LogP) is 4.87. The lowest BCUT2D eigenvalue weighted by Gasteiger charge is -2.23. The monoisotopic (exact) mass is 314 g/mol. The maximum Gasteiger partial charge on any atom is 0.171 e. The van der Waals surface area contributed by atoms with Crippen LogP contribution < -0.4 is 15.4 Å². The van der Waals surface area contributed by atoms with Gasteiger partial charge in [-0.25, -0.2) is 0 Å². The summed E-state index contributed by atoms with van der Waals surface area (Å²) in [4.78, 5) is 0. The SMILES string of the molecule is Cc1ccccc1Oc1ccc(NC(=S)NC(C)(C)C)cc1. The summed E-state index contributed by atoms with van der Waals surface area (Å²) in [6.45, 7) is 8.24. The molecule has 0 bridgehead atoms. The first-order valence-corrected chi connectivity index (χ1v) is 7.67. The van der Waals surface area contributed by atoms with Crippen LogP contribution in [0.2, 0.25) is 0 Å². The van der Waals surface area contributed by atoms with Gasteiger partial charge < -0.3 is 15.4 Å². The van der Waals surface area contributed by atoms with Gasteiger partial charge in [-0.05, 0) is 75.8 Å². The second kappa shape index (κ2) is 6.79. The average Bonchev–Trinajstić information content (AvgIpc) is 2.41. The molecule has 0 saturated heterocycles. The van der Waals surface area contributed by atoms with E-state index in [0.29, 0.717) is 5.11 Å². The van der Waals surface area contributed by atoms with Crippen molar-refractivity contribution in [3.63, 3.8) is 0 Å². The van der Waals surface area contributed by atoms with E-state index in [4.69, 9.17) is 17.0 Å².